The maximum Gasteiger partial charge on any atom is 0.193 e. The summed E-state index contributed by atoms with van der Waals surface area (Å²) in [6.07, 6.45) is 1.91. The molecule has 1 aliphatic carbocycles. The predicted octanol–water partition coefficient (Wildman–Crippen LogP) is 3.32. The van der Waals surface area contributed by atoms with E-state index in [0.717, 1.165) is 24.0 Å². The van der Waals surface area contributed by atoms with Gasteiger partial charge in [0.1, 0.15) is 0 Å². The lowest BCUT2D eigenvalue weighted by Gasteiger charge is -2.05. The first-order valence-electron chi connectivity index (χ1n) is 5.98. The normalized spacial score (nSPS) is 13.8. The minimum absolute atomic E-state index is 0.174. The molecule has 3 rings (SSSR count). The fourth-order valence-electron chi connectivity index (χ4n) is 2.53. The van der Waals surface area contributed by atoms with Crippen LogP contribution in [0.15, 0.2) is 42.5 Å². The maximum absolute atomic E-state index is 12.4. The Morgan fingerprint density at radius 1 is 0.882 bits per heavy atom. The Kier molecular flexibility index (Phi) is 2.32. The molecular formula is C16H14O. The summed E-state index contributed by atoms with van der Waals surface area (Å²) in [5.41, 5.74) is 5.33. The topological polar surface area (TPSA) is 17.1 Å². The molecule has 0 amide bonds. The first kappa shape index (κ1) is 10.3. The van der Waals surface area contributed by atoms with E-state index in [4.69, 9.17) is 0 Å². The van der Waals surface area contributed by atoms with Gasteiger partial charge in [0, 0.05) is 11.1 Å². The van der Waals surface area contributed by atoms with E-state index in [-0.39, 0.29) is 5.78 Å². The molecule has 0 unspecified atom stereocenters. The predicted molar refractivity (Wildman–Crippen MR) is 68.5 cm³/mol. The van der Waals surface area contributed by atoms with E-state index >= 15 is 0 Å². The minimum Gasteiger partial charge on any atom is -0.289 e. The number of hydrogen-bond donors (Lipinski definition) is 0. The van der Waals surface area contributed by atoms with Gasteiger partial charge in [-0.2, -0.15) is 0 Å². The number of aryl methyl sites for hydroxylation is 3. The number of fused-ring (bicyclic) bond motifs is 2. The molecule has 0 saturated heterocycles. The number of hydrogen-bond acceptors (Lipinski definition) is 1. The van der Waals surface area contributed by atoms with Crippen LogP contribution in [-0.4, -0.2) is 5.78 Å². The van der Waals surface area contributed by atoms with Crippen molar-refractivity contribution in [2.24, 2.45) is 0 Å². The lowest BCUT2D eigenvalue weighted by Crippen LogP contribution is -2.03. The van der Waals surface area contributed by atoms with Gasteiger partial charge in [0.15, 0.2) is 5.78 Å². The van der Waals surface area contributed by atoms with E-state index < -0.39 is 0 Å². The van der Waals surface area contributed by atoms with Crippen molar-refractivity contribution in [2.45, 2.75) is 19.8 Å². The highest BCUT2D eigenvalue weighted by molar-refractivity contribution is 6.11. The average Bonchev–Trinajstić information content (AvgIpc) is 2.48. The molecule has 0 aromatic heterocycles. The SMILES string of the molecule is Cc1ccc2c(c1)CCc1ccccc1C2=O. The Morgan fingerprint density at radius 2 is 1.59 bits per heavy atom. The van der Waals surface area contributed by atoms with Crippen LogP contribution in [0.2, 0.25) is 0 Å². The quantitative estimate of drug-likeness (QED) is 0.668. The summed E-state index contributed by atoms with van der Waals surface area (Å²) in [4.78, 5) is 12.4. The Balaban J connectivity index is 2.20. The van der Waals surface area contributed by atoms with Crippen molar-refractivity contribution in [1.29, 1.82) is 0 Å². The molecule has 0 saturated carbocycles. The molecule has 84 valence electrons. The molecule has 0 bridgehead atoms. The maximum atomic E-state index is 12.4. The van der Waals surface area contributed by atoms with E-state index in [2.05, 4.69) is 19.1 Å². The second-order valence-electron chi connectivity index (χ2n) is 4.65. The monoisotopic (exact) mass is 222 g/mol. The van der Waals surface area contributed by atoms with Crippen molar-refractivity contribution >= 4 is 5.78 Å². The average molecular weight is 222 g/mol. The van der Waals surface area contributed by atoms with Gasteiger partial charge in [0.25, 0.3) is 0 Å². The molecule has 0 heterocycles. The number of carbonyl (C=O) groups is 1. The highest BCUT2D eigenvalue weighted by Crippen LogP contribution is 2.24. The van der Waals surface area contributed by atoms with Gasteiger partial charge >= 0.3 is 0 Å². The Labute approximate surface area is 101 Å². The molecule has 0 N–H and O–H groups in total. The first-order valence-corrected chi connectivity index (χ1v) is 5.98. The Morgan fingerprint density at radius 3 is 2.47 bits per heavy atom. The van der Waals surface area contributed by atoms with Crippen LogP contribution < -0.4 is 0 Å². The lowest BCUT2D eigenvalue weighted by atomic mass is 9.98. The fraction of sp³-hybridized carbons (Fsp3) is 0.188. The molecule has 1 nitrogen and oxygen atoms in total. The zero-order chi connectivity index (χ0) is 11.8. The molecule has 0 spiro atoms. The van der Waals surface area contributed by atoms with Gasteiger partial charge in [-0.1, -0.05) is 48.0 Å². The van der Waals surface area contributed by atoms with Crippen molar-refractivity contribution in [2.75, 3.05) is 0 Å². The van der Waals surface area contributed by atoms with Crippen molar-refractivity contribution in [1.82, 2.24) is 0 Å². The van der Waals surface area contributed by atoms with E-state index in [9.17, 15) is 4.79 Å². The third-order valence-corrected chi connectivity index (χ3v) is 3.43. The summed E-state index contributed by atoms with van der Waals surface area (Å²) in [5.74, 6) is 0.174. The van der Waals surface area contributed by atoms with Crippen molar-refractivity contribution < 1.29 is 4.79 Å². The Bertz CT molecular complexity index is 596. The van der Waals surface area contributed by atoms with E-state index in [0.29, 0.717) is 0 Å². The molecule has 1 heteroatoms. The fourth-order valence-corrected chi connectivity index (χ4v) is 2.53. The molecule has 0 atom stereocenters. The summed E-state index contributed by atoms with van der Waals surface area (Å²) in [7, 11) is 0. The smallest absolute Gasteiger partial charge is 0.193 e. The number of carbonyl (C=O) groups excluding carboxylic acids is 1. The third-order valence-electron chi connectivity index (χ3n) is 3.43. The zero-order valence-electron chi connectivity index (χ0n) is 9.86. The van der Waals surface area contributed by atoms with Gasteiger partial charge in [-0.05, 0) is 30.9 Å². The van der Waals surface area contributed by atoms with Crippen LogP contribution in [0, 0.1) is 6.92 Å². The van der Waals surface area contributed by atoms with E-state index in [1.165, 1.54) is 16.7 Å². The molecule has 2 aromatic carbocycles. The number of benzene rings is 2. The van der Waals surface area contributed by atoms with E-state index in [1.807, 2.05) is 30.3 Å². The second-order valence-corrected chi connectivity index (χ2v) is 4.65. The molecule has 2 aromatic rings. The van der Waals surface area contributed by atoms with Crippen molar-refractivity contribution in [3.63, 3.8) is 0 Å². The van der Waals surface area contributed by atoms with Gasteiger partial charge in [-0.15, -0.1) is 0 Å². The van der Waals surface area contributed by atoms with Crippen LogP contribution >= 0.6 is 0 Å². The molecule has 0 aliphatic heterocycles. The van der Waals surface area contributed by atoms with E-state index in [1.54, 1.807) is 0 Å². The second kappa shape index (κ2) is 3.85. The summed E-state index contributed by atoms with van der Waals surface area (Å²) >= 11 is 0. The molecule has 1 aliphatic rings. The largest absolute Gasteiger partial charge is 0.289 e. The van der Waals surface area contributed by atoms with Crippen LogP contribution in [0.25, 0.3) is 0 Å². The Hall–Kier alpha value is -1.89. The molecule has 17 heavy (non-hydrogen) atoms. The van der Waals surface area contributed by atoms with Crippen LogP contribution in [0.1, 0.15) is 32.6 Å². The number of rotatable bonds is 0. The van der Waals surface area contributed by atoms with Crippen LogP contribution in [0.5, 0.6) is 0 Å². The highest BCUT2D eigenvalue weighted by Gasteiger charge is 2.20. The summed E-state index contributed by atoms with van der Waals surface area (Å²) in [5, 5.41) is 0. The third kappa shape index (κ3) is 1.68. The summed E-state index contributed by atoms with van der Waals surface area (Å²) in [6.45, 7) is 2.07. The summed E-state index contributed by atoms with van der Waals surface area (Å²) < 4.78 is 0. The molecular weight excluding hydrogens is 208 g/mol. The van der Waals surface area contributed by atoms with Crippen LogP contribution in [0.4, 0.5) is 0 Å². The minimum atomic E-state index is 0.174. The van der Waals surface area contributed by atoms with Gasteiger partial charge in [0.2, 0.25) is 0 Å². The first-order chi connectivity index (χ1) is 8.25. The van der Waals surface area contributed by atoms with Gasteiger partial charge in [-0.3, -0.25) is 4.79 Å². The van der Waals surface area contributed by atoms with Gasteiger partial charge in [-0.25, -0.2) is 0 Å². The highest BCUT2D eigenvalue weighted by atomic mass is 16.1. The molecule has 0 fully saturated rings. The number of ketones is 1. The standard InChI is InChI=1S/C16H14O/c1-11-6-9-15-13(10-11)8-7-12-4-2-3-5-14(12)16(15)17/h2-6,9-10H,7-8H2,1H3. The van der Waals surface area contributed by atoms with Crippen molar-refractivity contribution in [3.8, 4) is 0 Å². The lowest BCUT2D eigenvalue weighted by molar-refractivity contribution is 0.103. The zero-order valence-corrected chi connectivity index (χ0v) is 9.86. The summed E-state index contributed by atoms with van der Waals surface area (Å²) in [6, 6.07) is 14.1. The van der Waals surface area contributed by atoms with Gasteiger partial charge < -0.3 is 0 Å². The van der Waals surface area contributed by atoms with Crippen LogP contribution in [0.3, 0.4) is 0 Å². The van der Waals surface area contributed by atoms with Gasteiger partial charge in [0.05, 0.1) is 0 Å². The van der Waals surface area contributed by atoms with Crippen LogP contribution in [-0.2, 0) is 12.8 Å². The van der Waals surface area contributed by atoms with Crippen molar-refractivity contribution in [3.05, 3.63) is 70.3 Å². The molecule has 0 radical (unpaired) electrons.